The fourth-order valence-corrected chi connectivity index (χ4v) is 1.64. The molecule has 3 rings (SSSR count). The standard InChI is InChI=1S/C9H6N4S.Na.2H2O/c14-9-11-8-7(12-13-9)5-3-1-2-4-6(5)10-8;;;/h1-4H,(H2,10,11,13,14);;2*1H2/q;+1;;/p-1. The molecule has 17 heavy (non-hydrogen) atoms. The smallest absolute Gasteiger partial charge is 0.738 e. The summed E-state index contributed by atoms with van der Waals surface area (Å²) >= 11 is 4.84. The Bertz CT molecular complexity index is 630. The van der Waals surface area contributed by atoms with Gasteiger partial charge in [-0.05, 0) is 6.07 Å². The van der Waals surface area contributed by atoms with Crippen LogP contribution in [0.15, 0.2) is 29.4 Å². The van der Waals surface area contributed by atoms with Gasteiger partial charge in [0.1, 0.15) is 5.52 Å². The summed E-state index contributed by atoms with van der Waals surface area (Å²) in [5.41, 5.74) is 2.48. The zero-order valence-electron chi connectivity index (χ0n) is 9.06. The molecule has 1 aromatic carbocycles. The number of nitrogens with zero attached hydrogens (tertiary/aromatic N) is 3. The van der Waals surface area contributed by atoms with Gasteiger partial charge in [0.2, 0.25) is 0 Å². The first-order chi connectivity index (χ1) is 6.84. The van der Waals surface area contributed by atoms with Gasteiger partial charge in [0.15, 0.2) is 5.65 Å². The van der Waals surface area contributed by atoms with Crippen LogP contribution in [0.25, 0.3) is 22.1 Å². The van der Waals surface area contributed by atoms with Gasteiger partial charge in [-0.15, -0.1) is 5.10 Å². The Morgan fingerprint density at radius 2 is 1.76 bits per heavy atom. The van der Waals surface area contributed by atoms with Crippen molar-refractivity contribution < 1.29 is 40.5 Å². The molecule has 0 aliphatic heterocycles. The number of para-hydroxylation sites is 1. The number of aromatic nitrogens is 4. The van der Waals surface area contributed by atoms with E-state index >= 15 is 0 Å². The first kappa shape index (κ1) is 16.2. The second kappa shape index (κ2) is 6.20. The molecule has 5 N–H and O–H groups in total. The van der Waals surface area contributed by atoms with E-state index < -0.39 is 0 Å². The average molecular weight is 260 g/mol. The Kier molecular flexibility index (Phi) is 5.89. The maximum Gasteiger partial charge on any atom is 1.00 e. The zero-order valence-corrected chi connectivity index (χ0v) is 11.9. The van der Waals surface area contributed by atoms with E-state index in [-0.39, 0.29) is 45.7 Å². The van der Waals surface area contributed by atoms with E-state index in [0.29, 0.717) is 5.65 Å². The van der Waals surface area contributed by atoms with Gasteiger partial charge in [0.05, 0.1) is 0 Å². The van der Waals surface area contributed by atoms with Crippen LogP contribution in [-0.4, -0.2) is 31.1 Å². The summed E-state index contributed by atoms with van der Waals surface area (Å²) in [6.07, 6.45) is 0. The zero-order chi connectivity index (χ0) is 9.54. The summed E-state index contributed by atoms with van der Waals surface area (Å²) in [5, 5.41) is 9.08. The van der Waals surface area contributed by atoms with Crippen molar-refractivity contribution in [3.05, 3.63) is 24.3 Å². The van der Waals surface area contributed by atoms with Gasteiger partial charge >= 0.3 is 29.6 Å². The summed E-state index contributed by atoms with van der Waals surface area (Å²) in [6.45, 7) is 0. The van der Waals surface area contributed by atoms with Crippen molar-refractivity contribution in [3.63, 3.8) is 0 Å². The molecule has 0 unspecified atom stereocenters. The van der Waals surface area contributed by atoms with Gasteiger partial charge in [-0.25, -0.2) is 4.98 Å². The normalized spacial score (nSPS) is 9.18. The van der Waals surface area contributed by atoms with E-state index in [0.717, 1.165) is 16.4 Å². The van der Waals surface area contributed by atoms with Gasteiger partial charge in [0, 0.05) is 16.1 Å². The first-order valence-electron chi connectivity index (χ1n) is 4.13. The van der Waals surface area contributed by atoms with Gasteiger partial charge in [-0.2, -0.15) is 5.10 Å². The van der Waals surface area contributed by atoms with Crippen molar-refractivity contribution in [3.8, 4) is 0 Å². The molecule has 0 amide bonds. The second-order valence-electron chi connectivity index (χ2n) is 2.96. The van der Waals surface area contributed by atoms with Crippen LogP contribution in [0.3, 0.4) is 0 Å². The minimum absolute atomic E-state index is 0. The van der Waals surface area contributed by atoms with Crippen LogP contribution in [-0.2, 0) is 12.6 Å². The summed E-state index contributed by atoms with van der Waals surface area (Å²) in [7, 11) is 0. The van der Waals surface area contributed by atoms with E-state index in [9.17, 15) is 0 Å². The molecule has 0 saturated heterocycles. The minimum Gasteiger partial charge on any atom is -0.738 e. The first-order valence-corrected chi connectivity index (χ1v) is 4.53. The molecule has 0 aliphatic carbocycles. The van der Waals surface area contributed by atoms with Gasteiger partial charge in [-0.1, -0.05) is 18.2 Å². The maximum atomic E-state index is 4.84. The van der Waals surface area contributed by atoms with Crippen molar-refractivity contribution in [2.75, 3.05) is 0 Å². The fourth-order valence-electron chi connectivity index (χ4n) is 1.51. The monoisotopic (exact) mass is 260 g/mol. The number of rotatable bonds is 0. The number of nitrogens with one attached hydrogen (secondary N) is 1. The van der Waals surface area contributed by atoms with E-state index in [1.165, 1.54) is 0 Å². The molecule has 0 spiro atoms. The SMILES string of the molecule is O.O.[Na+].[S-]c1nnc2c(n1)[nH]c1ccccc12. The van der Waals surface area contributed by atoms with E-state index in [1.807, 2.05) is 24.3 Å². The molecule has 2 aromatic heterocycles. The van der Waals surface area contributed by atoms with Crippen LogP contribution >= 0.6 is 0 Å². The second-order valence-corrected chi connectivity index (χ2v) is 3.33. The average Bonchev–Trinajstić information content (AvgIpc) is 2.54. The van der Waals surface area contributed by atoms with Crippen LogP contribution < -0.4 is 29.6 Å². The van der Waals surface area contributed by atoms with Gasteiger partial charge in [0.25, 0.3) is 0 Å². The molecule has 3 aromatic rings. The van der Waals surface area contributed by atoms with Crippen LogP contribution in [0, 0.1) is 0 Å². The molecule has 0 radical (unpaired) electrons. The quantitative estimate of drug-likeness (QED) is 0.337. The number of fused-ring (bicyclic) bond motifs is 3. The molecule has 0 fully saturated rings. The van der Waals surface area contributed by atoms with Gasteiger partial charge in [-0.3, -0.25) is 0 Å². The van der Waals surface area contributed by atoms with E-state index in [2.05, 4.69) is 20.2 Å². The number of benzene rings is 1. The predicted molar refractivity (Wildman–Crippen MR) is 62.0 cm³/mol. The topological polar surface area (TPSA) is 117 Å². The molecule has 84 valence electrons. The Morgan fingerprint density at radius 1 is 1.06 bits per heavy atom. The number of aromatic amines is 1. The van der Waals surface area contributed by atoms with Crippen LogP contribution in [0.5, 0.6) is 0 Å². The Morgan fingerprint density at radius 3 is 2.53 bits per heavy atom. The molecular weight excluding hydrogens is 251 g/mol. The molecular formula is C9H9N4NaO2S. The molecule has 2 heterocycles. The third-order valence-electron chi connectivity index (χ3n) is 2.10. The molecule has 0 atom stereocenters. The molecule has 0 aliphatic rings. The summed E-state index contributed by atoms with van der Waals surface area (Å²) in [5.74, 6) is 0. The van der Waals surface area contributed by atoms with Crippen molar-refractivity contribution in [1.82, 2.24) is 20.2 Å². The van der Waals surface area contributed by atoms with Crippen LogP contribution in [0.4, 0.5) is 0 Å². The van der Waals surface area contributed by atoms with Crippen LogP contribution in [0.1, 0.15) is 0 Å². The third-order valence-corrected chi connectivity index (χ3v) is 2.28. The largest absolute Gasteiger partial charge is 1.00 e. The summed E-state index contributed by atoms with van der Waals surface area (Å²) in [4.78, 5) is 7.24. The van der Waals surface area contributed by atoms with Crippen LogP contribution in [0.2, 0.25) is 0 Å². The van der Waals surface area contributed by atoms with Crippen molar-refractivity contribution in [2.24, 2.45) is 0 Å². The van der Waals surface area contributed by atoms with E-state index in [4.69, 9.17) is 12.6 Å². The van der Waals surface area contributed by atoms with Crippen molar-refractivity contribution in [1.29, 1.82) is 0 Å². The Hall–Kier alpha value is -0.830. The predicted octanol–water partition coefficient (Wildman–Crippen LogP) is -3.23. The molecule has 0 bridgehead atoms. The number of hydrogen-bond acceptors (Lipinski definition) is 4. The molecule has 0 saturated carbocycles. The molecule has 8 heteroatoms. The maximum absolute atomic E-state index is 4.84. The number of H-pyrrole nitrogens is 1. The fraction of sp³-hybridized carbons (Fsp3) is 0. The Labute approximate surface area is 124 Å². The third kappa shape index (κ3) is 2.71. The summed E-state index contributed by atoms with van der Waals surface area (Å²) < 4.78 is 0. The Balaban J connectivity index is 0.000000853. The minimum atomic E-state index is 0. The van der Waals surface area contributed by atoms with Crippen molar-refractivity contribution in [2.45, 2.75) is 5.16 Å². The van der Waals surface area contributed by atoms with E-state index in [1.54, 1.807) is 0 Å². The van der Waals surface area contributed by atoms with Crippen molar-refractivity contribution >= 4 is 34.7 Å². The molecule has 6 nitrogen and oxygen atoms in total. The number of hydrogen-bond donors (Lipinski definition) is 1. The summed E-state index contributed by atoms with van der Waals surface area (Å²) in [6, 6.07) is 7.87. The van der Waals surface area contributed by atoms with Gasteiger partial charge < -0.3 is 28.6 Å².